The van der Waals surface area contributed by atoms with Crippen LogP contribution in [0.4, 0.5) is 22.4 Å². The number of carbonyl (C=O) groups is 1. The summed E-state index contributed by atoms with van der Waals surface area (Å²) in [6.07, 6.45) is -4.98. The van der Waals surface area contributed by atoms with E-state index in [-0.39, 0.29) is 6.04 Å². The Morgan fingerprint density at radius 1 is 1.43 bits per heavy atom. The van der Waals surface area contributed by atoms with E-state index in [2.05, 4.69) is 10.1 Å². The summed E-state index contributed by atoms with van der Waals surface area (Å²) in [5.74, 6) is -4.30. The molecule has 0 spiro atoms. The van der Waals surface area contributed by atoms with Gasteiger partial charge in [0.25, 0.3) is 0 Å². The average molecular weight is 217 g/mol. The highest BCUT2D eigenvalue weighted by Crippen LogP contribution is 2.22. The van der Waals surface area contributed by atoms with Gasteiger partial charge in [-0.25, -0.2) is 13.6 Å². The zero-order chi connectivity index (χ0) is 11.4. The molecule has 0 aromatic heterocycles. The highest BCUT2D eigenvalue weighted by molar-refractivity contribution is 5.67. The summed E-state index contributed by atoms with van der Waals surface area (Å²) in [4.78, 5) is 10.6. The average Bonchev–Trinajstić information content (AvgIpc) is 1.99. The molecule has 0 radical (unpaired) electrons. The van der Waals surface area contributed by atoms with Crippen LogP contribution in [-0.4, -0.2) is 31.1 Å². The number of alkyl carbamates (subject to hydrolysis) is 1. The molecule has 0 unspecified atom stereocenters. The van der Waals surface area contributed by atoms with E-state index in [0.29, 0.717) is 0 Å². The van der Waals surface area contributed by atoms with Gasteiger partial charge in [0.05, 0.1) is 0 Å². The SMILES string of the molecule is CC(C)NC(=O)OCC(F)(F)C(F)F. The molecule has 0 aromatic rings. The van der Waals surface area contributed by atoms with Gasteiger partial charge in [-0.05, 0) is 13.8 Å². The Bertz CT molecular complexity index is 196. The fraction of sp³-hybridized carbons (Fsp3) is 0.857. The van der Waals surface area contributed by atoms with Gasteiger partial charge in [-0.1, -0.05) is 0 Å². The Balaban J connectivity index is 3.88. The van der Waals surface area contributed by atoms with Gasteiger partial charge < -0.3 is 10.1 Å². The number of alkyl halides is 4. The van der Waals surface area contributed by atoms with Crippen LogP contribution in [0, 0.1) is 0 Å². The van der Waals surface area contributed by atoms with Crippen LogP contribution in [0.3, 0.4) is 0 Å². The number of carbonyl (C=O) groups excluding carboxylic acids is 1. The van der Waals surface area contributed by atoms with Crippen LogP contribution in [0.5, 0.6) is 0 Å². The molecule has 1 N–H and O–H groups in total. The summed E-state index contributed by atoms with van der Waals surface area (Å²) in [7, 11) is 0. The predicted octanol–water partition coefficient (Wildman–Crippen LogP) is 2.02. The predicted molar refractivity (Wildman–Crippen MR) is 40.6 cm³/mol. The molecule has 0 fully saturated rings. The number of ether oxygens (including phenoxy) is 1. The summed E-state index contributed by atoms with van der Waals surface area (Å²) < 4.78 is 51.4. The molecule has 7 heteroatoms. The largest absolute Gasteiger partial charge is 0.443 e. The molecule has 0 saturated heterocycles. The minimum atomic E-state index is -4.30. The number of hydrogen-bond donors (Lipinski definition) is 1. The van der Waals surface area contributed by atoms with E-state index in [1.54, 1.807) is 13.8 Å². The second-order valence-corrected chi connectivity index (χ2v) is 2.94. The second kappa shape index (κ2) is 5.02. The molecule has 0 aliphatic heterocycles. The number of amides is 1. The molecule has 0 rings (SSSR count). The minimum absolute atomic E-state index is 0.303. The molecule has 0 atom stereocenters. The molecule has 0 aromatic carbocycles. The summed E-state index contributed by atoms with van der Waals surface area (Å²) in [5, 5.41) is 2.11. The molecular formula is C7H11F4NO2. The fourth-order valence-electron chi connectivity index (χ4n) is 0.502. The van der Waals surface area contributed by atoms with Gasteiger partial charge in [0.1, 0.15) is 0 Å². The Labute approximate surface area is 78.4 Å². The van der Waals surface area contributed by atoms with Gasteiger partial charge in [-0.2, -0.15) is 8.78 Å². The number of rotatable bonds is 4. The number of hydrogen-bond acceptors (Lipinski definition) is 2. The quantitative estimate of drug-likeness (QED) is 0.731. The first-order valence-electron chi connectivity index (χ1n) is 3.85. The molecule has 0 aliphatic rings. The number of nitrogens with one attached hydrogen (secondary N) is 1. The van der Waals surface area contributed by atoms with Crippen LogP contribution in [0.1, 0.15) is 13.8 Å². The van der Waals surface area contributed by atoms with Crippen LogP contribution in [-0.2, 0) is 4.74 Å². The first-order chi connectivity index (χ1) is 6.25. The van der Waals surface area contributed by atoms with Crippen LogP contribution in [0.25, 0.3) is 0 Å². The maximum atomic E-state index is 12.2. The standard InChI is InChI=1S/C7H11F4NO2/c1-4(2)12-6(13)14-3-7(10,11)5(8)9/h4-5H,3H2,1-2H3,(H,12,13). The van der Waals surface area contributed by atoms with E-state index in [9.17, 15) is 22.4 Å². The minimum Gasteiger partial charge on any atom is -0.443 e. The molecule has 0 bridgehead atoms. The molecule has 0 saturated carbocycles. The molecule has 14 heavy (non-hydrogen) atoms. The van der Waals surface area contributed by atoms with E-state index in [0.717, 1.165) is 0 Å². The van der Waals surface area contributed by atoms with Crippen molar-refractivity contribution in [1.29, 1.82) is 0 Å². The van der Waals surface area contributed by atoms with Crippen molar-refractivity contribution in [2.75, 3.05) is 6.61 Å². The van der Waals surface area contributed by atoms with E-state index in [1.165, 1.54) is 0 Å². The molecule has 1 amide bonds. The van der Waals surface area contributed by atoms with Gasteiger partial charge in [0, 0.05) is 6.04 Å². The van der Waals surface area contributed by atoms with Crippen LogP contribution >= 0.6 is 0 Å². The van der Waals surface area contributed by atoms with Crippen molar-refractivity contribution in [2.45, 2.75) is 32.2 Å². The van der Waals surface area contributed by atoms with Crippen molar-refractivity contribution in [3.05, 3.63) is 0 Å². The first-order valence-corrected chi connectivity index (χ1v) is 3.85. The highest BCUT2D eigenvalue weighted by Gasteiger charge is 2.42. The summed E-state index contributed by atoms with van der Waals surface area (Å²) in [6.45, 7) is 1.53. The normalized spacial score (nSPS) is 12.0. The monoisotopic (exact) mass is 217 g/mol. The molecule has 3 nitrogen and oxygen atoms in total. The van der Waals surface area contributed by atoms with Gasteiger partial charge in [-0.3, -0.25) is 0 Å². The Kier molecular flexibility index (Phi) is 4.65. The van der Waals surface area contributed by atoms with Crippen molar-refractivity contribution in [1.82, 2.24) is 5.32 Å². The van der Waals surface area contributed by atoms with Crippen molar-refractivity contribution < 1.29 is 27.1 Å². The van der Waals surface area contributed by atoms with Crippen LogP contribution < -0.4 is 5.32 Å². The smallest absolute Gasteiger partial charge is 0.407 e. The molecular weight excluding hydrogens is 206 g/mol. The van der Waals surface area contributed by atoms with Gasteiger partial charge in [-0.15, -0.1) is 0 Å². The van der Waals surface area contributed by atoms with E-state index < -0.39 is 25.0 Å². The lowest BCUT2D eigenvalue weighted by Crippen LogP contribution is -2.38. The zero-order valence-electron chi connectivity index (χ0n) is 7.69. The van der Waals surface area contributed by atoms with E-state index in [4.69, 9.17) is 0 Å². The topological polar surface area (TPSA) is 38.3 Å². The molecule has 84 valence electrons. The van der Waals surface area contributed by atoms with E-state index >= 15 is 0 Å². The summed E-state index contributed by atoms with van der Waals surface area (Å²) in [5.41, 5.74) is 0. The second-order valence-electron chi connectivity index (χ2n) is 2.94. The lowest BCUT2D eigenvalue weighted by Gasteiger charge is -2.16. The lowest BCUT2D eigenvalue weighted by atomic mass is 10.4. The van der Waals surface area contributed by atoms with Crippen molar-refractivity contribution in [2.24, 2.45) is 0 Å². The van der Waals surface area contributed by atoms with Gasteiger partial charge in [0.15, 0.2) is 6.61 Å². The number of halogens is 4. The Morgan fingerprint density at radius 3 is 2.29 bits per heavy atom. The maximum absolute atomic E-state index is 12.2. The third-order valence-electron chi connectivity index (χ3n) is 1.12. The first kappa shape index (κ1) is 13.0. The van der Waals surface area contributed by atoms with Crippen LogP contribution in [0.2, 0.25) is 0 Å². The third-order valence-corrected chi connectivity index (χ3v) is 1.12. The van der Waals surface area contributed by atoms with Gasteiger partial charge >= 0.3 is 18.4 Å². The summed E-state index contributed by atoms with van der Waals surface area (Å²) in [6, 6.07) is -0.303. The maximum Gasteiger partial charge on any atom is 0.407 e. The fourth-order valence-corrected chi connectivity index (χ4v) is 0.502. The van der Waals surface area contributed by atoms with Crippen molar-refractivity contribution in [3.63, 3.8) is 0 Å². The van der Waals surface area contributed by atoms with E-state index in [1.807, 2.05) is 0 Å². The van der Waals surface area contributed by atoms with Gasteiger partial charge in [0.2, 0.25) is 0 Å². The lowest BCUT2D eigenvalue weighted by molar-refractivity contribution is -0.154. The summed E-state index contributed by atoms with van der Waals surface area (Å²) >= 11 is 0. The Morgan fingerprint density at radius 2 is 1.93 bits per heavy atom. The zero-order valence-corrected chi connectivity index (χ0v) is 7.69. The highest BCUT2D eigenvalue weighted by atomic mass is 19.3. The van der Waals surface area contributed by atoms with Crippen LogP contribution in [0.15, 0.2) is 0 Å². The third kappa shape index (κ3) is 4.88. The van der Waals surface area contributed by atoms with Crippen molar-refractivity contribution >= 4 is 6.09 Å². The molecule has 0 aliphatic carbocycles. The Hall–Kier alpha value is -1.01. The molecule has 0 heterocycles. The van der Waals surface area contributed by atoms with Crippen molar-refractivity contribution in [3.8, 4) is 0 Å².